The van der Waals surface area contributed by atoms with Crippen LogP contribution in [0.2, 0.25) is 0 Å². The van der Waals surface area contributed by atoms with Crippen molar-refractivity contribution in [3.63, 3.8) is 0 Å². The highest BCUT2D eigenvalue weighted by Crippen LogP contribution is 2.58. The third-order valence-electron chi connectivity index (χ3n) is 6.56. The number of benzene rings is 2. The van der Waals surface area contributed by atoms with E-state index >= 15 is 0 Å². The lowest BCUT2D eigenvalue weighted by Gasteiger charge is -2.40. The maximum atomic E-state index is 12.7. The third-order valence-corrected chi connectivity index (χ3v) is 6.56. The lowest BCUT2D eigenvalue weighted by Crippen LogP contribution is -2.44. The molecular formula is C24H26N2O3. The second kappa shape index (κ2) is 6.28. The van der Waals surface area contributed by atoms with Gasteiger partial charge in [0.1, 0.15) is 17.5 Å². The number of aryl methyl sites for hydroxylation is 1. The molecule has 2 heterocycles. The lowest BCUT2D eigenvalue weighted by atomic mass is 9.83. The maximum Gasteiger partial charge on any atom is 0.220 e. The summed E-state index contributed by atoms with van der Waals surface area (Å²) in [4.78, 5) is 18.4. The van der Waals surface area contributed by atoms with Crippen molar-refractivity contribution in [1.29, 1.82) is 0 Å². The highest BCUT2D eigenvalue weighted by atomic mass is 16.5. The van der Waals surface area contributed by atoms with Crippen molar-refractivity contribution in [2.24, 2.45) is 0 Å². The number of carbonyl (C=O) groups is 1. The van der Waals surface area contributed by atoms with Crippen LogP contribution in [0.25, 0.3) is 10.9 Å². The van der Waals surface area contributed by atoms with Crippen LogP contribution in [-0.2, 0) is 10.2 Å². The SMILES string of the molecule is COc1ccc2[nH]c3c(c2c1)C1(CC1)CN(C(C)=O)C3c1ccc(C)cc1OC. The van der Waals surface area contributed by atoms with Crippen molar-refractivity contribution in [2.45, 2.75) is 38.1 Å². The summed E-state index contributed by atoms with van der Waals surface area (Å²) in [5, 5.41) is 1.20. The Balaban J connectivity index is 1.80. The van der Waals surface area contributed by atoms with Gasteiger partial charge in [-0.2, -0.15) is 0 Å². The summed E-state index contributed by atoms with van der Waals surface area (Å²) in [5.41, 5.74) is 5.73. The minimum absolute atomic E-state index is 0.0417. The van der Waals surface area contributed by atoms with Crippen molar-refractivity contribution in [1.82, 2.24) is 9.88 Å². The van der Waals surface area contributed by atoms with Crippen LogP contribution in [0.5, 0.6) is 11.5 Å². The molecule has 1 amide bonds. The third kappa shape index (κ3) is 2.64. The Morgan fingerprint density at radius 1 is 1.14 bits per heavy atom. The number of nitrogens with zero attached hydrogens (tertiary/aromatic N) is 1. The normalized spacial score (nSPS) is 19.3. The molecule has 5 heteroatoms. The Labute approximate surface area is 170 Å². The summed E-state index contributed by atoms with van der Waals surface area (Å²) in [6, 6.07) is 12.2. The molecule has 3 aromatic rings. The predicted molar refractivity (Wildman–Crippen MR) is 113 cm³/mol. The van der Waals surface area contributed by atoms with E-state index in [9.17, 15) is 4.79 Å². The van der Waals surface area contributed by atoms with Gasteiger partial charge in [-0.15, -0.1) is 0 Å². The molecule has 5 nitrogen and oxygen atoms in total. The molecule has 1 unspecified atom stereocenters. The summed E-state index contributed by atoms with van der Waals surface area (Å²) in [5.74, 6) is 1.76. The van der Waals surface area contributed by atoms with E-state index in [2.05, 4.69) is 36.2 Å². The van der Waals surface area contributed by atoms with Crippen LogP contribution in [-0.4, -0.2) is 36.6 Å². The first kappa shape index (κ1) is 18.1. The molecule has 2 aromatic carbocycles. The number of ether oxygens (including phenoxy) is 2. The van der Waals surface area contributed by atoms with Crippen LogP contribution in [0.3, 0.4) is 0 Å². The maximum absolute atomic E-state index is 12.7. The van der Waals surface area contributed by atoms with Gasteiger partial charge in [0.15, 0.2) is 0 Å². The molecule has 1 spiro atoms. The average molecular weight is 390 g/mol. The van der Waals surface area contributed by atoms with Gasteiger partial charge in [-0.25, -0.2) is 0 Å². The number of nitrogens with one attached hydrogen (secondary N) is 1. The molecular weight excluding hydrogens is 364 g/mol. The molecule has 1 aliphatic carbocycles. The van der Waals surface area contributed by atoms with E-state index in [0.29, 0.717) is 0 Å². The zero-order chi connectivity index (χ0) is 20.3. The zero-order valence-corrected chi connectivity index (χ0v) is 17.3. The molecule has 29 heavy (non-hydrogen) atoms. The van der Waals surface area contributed by atoms with Gasteiger partial charge in [0.25, 0.3) is 0 Å². The Morgan fingerprint density at radius 3 is 2.59 bits per heavy atom. The fraction of sp³-hybridized carbons (Fsp3) is 0.375. The van der Waals surface area contributed by atoms with Gasteiger partial charge in [0.2, 0.25) is 5.91 Å². The average Bonchev–Trinajstić information content (AvgIpc) is 3.37. The summed E-state index contributed by atoms with van der Waals surface area (Å²) in [6.07, 6.45) is 2.21. The summed E-state index contributed by atoms with van der Waals surface area (Å²) >= 11 is 0. The number of aromatic nitrogens is 1. The number of amides is 1. The van der Waals surface area contributed by atoms with Crippen LogP contribution in [0.15, 0.2) is 36.4 Å². The predicted octanol–water partition coefficient (Wildman–Crippen LogP) is 4.48. The molecule has 1 fully saturated rings. The van der Waals surface area contributed by atoms with Crippen LogP contribution in [0.4, 0.5) is 0 Å². The molecule has 5 rings (SSSR count). The smallest absolute Gasteiger partial charge is 0.220 e. The van der Waals surface area contributed by atoms with Gasteiger partial charge in [0.05, 0.1) is 14.2 Å². The van der Waals surface area contributed by atoms with Crippen LogP contribution >= 0.6 is 0 Å². The number of hydrogen-bond donors (Lipinski definition) is 1. The minimum atomic E-state index is -0.192. The molecule has 0 bridgehead atoms. The number of methoxy groups -OCH3 is 2. The number of hydrogen-bond acceptors (Lipinski definition) is 3. The molecule has 2 aliphatic rings. The number of H-pyrrole nitrogens is 1. The molecule has 0 radical (unpaired) electrons. The molecule has 0 saturated heterocycles. The summed E-state index contributed by atoms with van der Waals surface area (Å²) < 4.78 is 11.2. The minimum Gasteiger partial charge on any atom is -0.497 e. The monoisotopic (exact) mass is 390 g/mol. The fourth-order valence-corrected chi connectivity index (χ4v) is 4.97. The molecule has 1 saturated carbocycles. The second-order valence-corrected chi connectivity index (χ2v) is 8.40. The summed E-state index contributed by atoms with van der Waals surface area (Å²) in [6.45, 7) is 4.46. The Bertz CT molecular complexity index is 1130. The van der Waals surface area contributed by atoms with E-state index in [-0.39, 0.29) is 17.4 Å². The topological polar surface area (TPSA) is 54.6 Å². The van der Waals surface area contributed by atoms with Crippen molar-refractivity contribution in [3.8, 4) is 11.5 Å². The Hall–Kier alpha value is -2.95. The van der Waals surface area contributed by atoms with Gasteiger partial charge in [0, 0.05) is 41.0 Å². The first-order valence-electron chi connectivity index (χ1n) is 10.1. The fourth-order valence-electron chi connectivity index (χ4n) is 4.97. The van der Waals surface area contributed by atoms with Crippen LogP contribution < -0.4 is 9.47 Å². The van der Waals surface area contributed by atoms with Crippen LogP contribution in [0, 0.1) is 6.92 Å². The van der Waals surface area contributed by atoms with E-state index in [1.807, 2.05) is 17.0 Å². The molecule has 1 atom stereocenters. The van der Waals surface area contributed by atoms with Crippen molar-refractivity contribution >= 4 is 16.8 Å². The number of aromatic amines is 1. The van der Waals surface area contributed by atoms with Gasteiger partial charge < -0.3 is 19.4 Å². The van der Waals surface area contributed by atoms with E-state index in [1.54, 1.807) is 21.1 Å². The van der Waals surface area contributed by atoms with Crippen molar-refractivity contribution < 1.29 is 14.3 Å². The first-order valence-corrected chi connectivity index (χ1v) is 10.1. The molecule has 1 aliphatic heterocycles. The Kier molecular flexibility index (Phi) is 3.92. The standard InChI is InChI=1S/C24H26N2O3/c1-14-5-7-17(20(11-14)29-4)23-22-21(24(9-10-24)13-26(23)15(2)27)18-12-16(28-3)6-8-19(18)25-22/h5-8,11-12,23,25H,9-10,13H2,1-4H3. The molecule has 1 N–H and O–H groups in total. The number of rotatable bonds is 3. The van der Waals surface area contributed by atoms with Crippen molar-refractivity contribution in [3.05, 3.63) is 58.8 Å². The van der Waals surface area contributed by atoms with Crippen molar-refractivity contribution in [2.75, 3.05) is 20.8 Å². The number of carbonyl (C=O) groups excluding carboxylic acids is 1. The molecule has 150 valence electrons. The molecule has 1 aromatic heterocycles. The van der Waals surface area contributed by atoms with Gasteiger partial charge in [-0.3, -0.25) is 4.79 Å². The van der Waals surface area contributed by atoms with Gasteiger partial charge >= 0.3 is 0 Å². The van der Waals surface area contributed by atoms with Crippen LogP contribution in [0.1, 0.15) is 48.2 Å². The van der Waals surface area contributed by atoms with E-state index in [4.69, 9.17) is 9.47 Å². The number of fused-ring (bicyclic) bond motifs is 4. The quantitative estimate of drug-likeness (QED) is 0.718. The van der Waals surface area contributed by atoms with E-state index in [0.717, 1.165) is 53.2 Å². The van der Waals surface area contributed by atoms with E-state index in [1.165, 1.54) is 10.9 Å². The Morgan fingerprint density at radius 2 is 1.93 bits per heavy atom. The highest BCUT2D eigenvalue weighted by molar-refractivity contribution is 5.89. The van der Waals surface area contributed by atoms with Gasteiger partial charge in [-0.05, 0) is 55.2 Å². The largest absolute Gasteiger partial charge is 0.497 e. The second-order valence-electron chi connectivity index (χ2n) is 8.40. The lowest BCUT2D eigenvalue weighted by molar-refractivity contribution is -0.131. The highest BCUT2D eigenvalue weighted by Gasteiger charge is 2.54. The van der Waals surface area contributed by atoms with E-state index < -0.39 is 0 Å². The zero-order valence-electron chi connectivity index (χ0n) is 17.3. The summed E-state index contributed by atoms with van der Waals surface area (Å²) in [7, 11) is 3.39. The first-order chi connectivity index (χ1) is 14.0. The van der Waals surface area contributed by atoms with Gasteiger partial charge in [-0.1, -0.05) is 12.1 Å².